The molecule has 0 radical (unpaired) electrons. The van der Waals surface area contributed by atoms with Gasteiger partial charge in [-0.2, -0.15) is 0 Å². The molecule has 2 unspecified atom stereocenters. The predicted molar refractivity (Wildman–Crippen MR) is 42.7 cm³/mol. The van der Waals surface area contributed by atoms with Crippen molar-refractivity contribution >= 4 is 0 Å². The number of azide groups is 1. The molecule has 2 heterocycles. The standard InChI is InChI=1S/C7H11N3O3/c8-10-9-4-3-13-7-6(4)5(11)1-2-12-7/h4-7,11H,1-3H2/t4?,5-,6?,7-/m0/s1. The third-order valence-corrected chi connectivity index (χ3v) is 2.53. The van der Waals surface area contributed by atoms with Crippen LogP contribution in [0.25, 0.3) is 10.4 Å². The van der Waals surface area contributed by atoms with Crippen molar-refractivity contribution < 1.29 is 14.6 Å². The smallest absolute Gasteiger partial charge is 0.163 e. The maximum Gasteiger partial charge on any atom is 0.163 e. The van der Waals surface area contributed by atoms with E-state index in [0.717, 1.165) is 0 Å². The first-order chi connectivity index (χ1) is 6.33. The fourth-order valence-corrected chi connectivity index (χ4v) is 1.87. The van der Waals surface area contributed by atoms with Gasteiger partial charge in [-0.05, 0) is 12.0 Å². The first kappa shape index (κ1) is 8.77. The molecule has 0 amide bonds. The third kappa shape index (κ3) is 1.49. The number of aliphatic hydroxyl groups is 1. The largest absolute Gasteiger partial charge is 0.393 e. The van der Waals surface area contributed by atoms with Gasteiger partial charge >= 0.3 is 0 Å². The molecule has 2 rings (SSSR count). The van der Waals surface area contributed by atoms with Crippen LogP contribution in [0.3, 0.4) is 0 Å². The molecule has 2 aliphatic heterocycles. The van der Waals surface area contributed by atoms with E-state index in [1.54, 1.807) is 0 Å². The first-order valence-corrected chi connectivity index (χ1v) is 4.28. The van der Waals surface area contributed by atoms with E-state index in [-0.39, 0.29) is 18.2 Å². The zero-order chi connectivity index (χ0) is 9.26. The Labute approximate surface area is 75.1 Å². The molecule has 0 saturated carbocycles. The second-order valence-corrected chi connectivity index (χ2v) is 3.28. The van der Waals surface area contributed by atoms with Crippen LogP contribution in [-0.4, -0.2) is 36.8 Å². The van der Waals surface area contributed by atoms with Gasteiger partial charge in [-0.15, -0.1) is 0 Å². The molecule has 6 nitrogen and oxygen atoms in total. The molecule has 2 aliphatic rings. The Morgan fingerprint density at radius 1 is 1.46 bits per heavy atom. The average molecular weight is 185 g/mol. The van der Waals surface area contributed by atoms with Crippen molar-refractivity contribution in [1.29, 1.82) is 0 Å². The van der Waals surface area contributed by atoms with Crippen molar-refractivity contribution in [1.82, 2.24) is 0 Å². The monoisotopic (exact) mass is 185 g/mol. The molecule has 1 N–H and O–H groups in total. The minimum atomic E-state index is -0.475. The normalized spacial score (nSPS) is 43.8. The lowest BCUT2D eigenvalue weighted by molar-refractivity contribution is -0.180. The van der Waals surface area contributed by atoms with Gasteiger partial charge in [-0.1, -0.05) is 5.11 Å². The van der Waals surface area contributed by atoms with E-state index in [4.69, 9.17) is 15.0 Å². The van der Waals surface area contributed by atoms with E-state index >= 15 is 0 Å². The van der Waals surface area contributed by atoms with Crippen LogP contribution in [0.4, 0.5) is 0 Å². The van der Waals surface area contributed by atoms with E-state index < -0.39 is 6.10 Å². The van der Waals surface area contributed by atoms with Gasteiger partial charge in [-0.3, -0.25) is 0 Å². The summed E-state index contributed by atoms with van der Waals surface area (Å²) in [5.74, 6) is -0.190. The lowest BCUT2D eigenvalue weighted by Crippen LogP contribution is -2.41. The van der Waals surface area contributed by atoms with Gasteiger partial charge < -0.3 is 14.6 Å². The second-order valence-electron chi connectivity index (χ2n) is 3.28. The van der Waals surface area contributed by atoms with Gasteiger partial charge in [0.15, 0.2) is 6.29 Å². The van der Waals surface area contributed by atoms with Crippen molar-refractivity contribution in [2.75, 3.05) is 13.2 Å². The molecular formula is C7H11N3O3. The van der Waals surface area contributed by atoms with Crippen LogP contribution >= 0.6 is 0 Å². The number of ether oxygens (including phenoxy) is 2. The molecule has 0 aliphatic carbocycles. The molecule has 0 aromatic rings. The summed E-state index contributed by atoms with van der Waals surface area (Å²) < 4.78 is 10.5. The summed E-state index contributed by atoms with van der Waals surface area (Å²) in [7, 11) is 0. The third-order valence-electron chi connectivity index (χ3n) is 2.53. The van der Waals surface area contributed by atoms with Crippen LogP contribution in [-0.2, 0) is 9.47 Å². The fourth-order valence-electron chi connectivity index (χ4n) is 1.87. The number of hydrogen-bond donors (Lipinski definition) is 1. The van der Waals surface area contributed by atoms with Gasteiger partial charge in [0.05, 0.1) is 25.4 Å². The molecule has 72 valence electrons. The first-order valence-electron chi connectivity index (χ1n) is 4.28. The van der Waals surface area contributed by atoms with Crippen LogP contribution in [0.1, 0.15) is 6.42 Å². The Kier molecular flexibility index (Phi) is 2.37. The van der Waals surface area contributed by atoms with Gasteiger partial charge in [0.2, 0.25) is 0 Å². The summed E-state index contributed by atoms with van der Waals surface area (Å²) in [6.45, 7) is 0.849. The molecule has 0 aromatic carbocycles. The van der Waals surface area contributed by atoms with Crippen molar-refractivity contribution in [2.24, 2.45) is 11.0 Å². The molecule has 13 heavy (non-hydrogen) atoms. The number of rotatable bonds is 1. The summed E-state index contributed by atoms with van der Waals surface area (Å²) in [6.07, 6.45) is -0.280. The van der Waals surface area contributed by atoms with Crippen molar-refractivity contribution in [3.8, 4) is 0 Å². The minimum Gasteiger partial charge on any atom is -0.393 e. The van der Waals surface area contributed by atoms with Crippen molar-refractivity contribution in [3.63, 3.8) is 0 Å². The molecular weight excluding hydrogens is 174 g/mol. The van der Waals surface area contributed by atoms with Gasteiger partial charge in [0, 0.05) is 10.8 Å². The number of nitrogens with zero attached hydrogens (tertiary/aromatic N) is 3. The highest BCUT2D eigenvalue weighted by Crippen LogP contribution is 2.32. The highest BCUT2D eigenvalue weighted by atomic mass is 16.7. The Morgan fingerprint density at radius 2 is 2.31 bits per heavy atom. The molecule has 0 bridgehead atoms. The van der Waals surface area contributed by atoms with E-state index in [1.165, 1.54) is 0 Å². The fraction of sp³-hybridized carbons (Fsp3) is 1.00. The summed E-state index contributed by atoms with van der Waals surface area (Å²) in [5, 5.41) is 13.2. The average Bonchev–Trinajstić information content (AvgIpc) is 2.51. The van der Waals surface area contributed by atoms with Crippen LogP contribution in [0, 0.1) is 5.92 Å². The van der Waals surface area contributed by atoms with Crippen LogP contribution in [0.15, 0.2) is 5.11 Å². The Bertz CT molecular complexity index is 241. The Morgan fingerprint density at radius 3 is 3.08 bits per heavy atom. The lowest BCUT2D eigenvalue weighted by atomic mass is 9.92. The molecule has 0 spiro atoms. The number of fused-ring (bicyclic) bond motifs is 1. The highest BCUT2D eigenvalue weighted by molar-refractivity contribution is 4.91. The molecule has 6 heteroatoms. The quantitative estimate of drug-likeness (QED) is 0.364. The van der Waals surface area contributed by atoms with Crippen LogP contribution in [0.2, 0.25) is 0 Å². The van der Waals surface area contributed by atoms with Crippen LogP contribution < -0.4 is 0 Å². The van der Waals surface area contributed by atoms with Crippen molar-refractivity contribution in [2.45, 2.75) is 24.9 Å². The van der Waals surface area contributed by atoms with E-state index in [0.29, 0.717) is 19.6 Å². The summed E-state index contributed by atoms with van der Waals surface area (Å²) in [4.78, 5) is 2.72. The van der Waals surface area contributed by atoms with E-state index in [2.05, 4.69) is 10.0 Å². The maximum atomic E-state index is 9.63. The van der Waals surface area contributed by atoms with Crippen LogP contribution in [0.5, 0.6) is 0 Å². The van der Waals surface area contributed by atoms with E-state index in [1.807, 2.05) is 0 Å². The number of aliphatic hydroxyl groups excluding tert-OH is 1. The van der Waals surface area contributed by atoms with E-state index in [9.17, 15) is 5.11 Å². The predicted octanol–water partition coefficient (Wildman–Crippen LogP) is 0.419. The Hall–Kier alpha value is -0.810. The topological polar surface area (TPSA) is 87.5 Å². The summed E-state index contributed by atoms with van der Waals surface area (Å²) >= 11 is 0. The van der Waals surface area contributed by atoms with Crippen molar-refractivity contribution in [3.05, 3.63) is 10.4 Å². The molecule has 4 atom stereocenters. The number of hydrogen-bond acceptors (Lipinski definition) is 4. The summed E-state index contributed by atoms with van der Waals surface area (Å²) in [6, 6.07) is -0.287. The van der Waals surface area contributed by atoms with Gasteiger partial charge in [0.1, 0.15) is 0 Å². The molecule has 2 saturated heterocycles. The lowest BCUT2D eigenvalue weighted by Gasteiger charge is -2.30. The SMILES string of the molecule is [N-]=[N+]=NC1CO[C@@H]2OCC[C@H](O)C12. The molecule has 0 aromatic heterocycles. The van der Waals surface area contributed by atoms with Gasteiger partial charge in [0.25, 0.3) is 0 Å². The summed E-state index contributed by atoms with van der Waals surface area (Å²) in [5.41, 5.74) is 8.28. The molecule has 2 fully saturated rings. The van der Waals surface area contributed by atoms with Gasteiger partial charge in [-0.25, -0.2) is 0 Å². The minimum absolute atomic E-state index is 0.190. The zero-order valence-electron chi connectivity index (χ0n) is 7.04. The highest BCUT2D eigenvalue weighted by Gasteiger charge is 2.44. The Balaban J connectivity index is 2.12. The second kappa shape index (κ2) is 3.51. The maximum absolute atomic E-state index is 9.63. The zero-order valence-corrected chi connectivity index (χ0v) is 7.04.